The maximum absolute atomic E-state index is 12.1. The molecule has 3 aromatic rings. The van der Waals surface area contributed by atoms with Crippen molar-refractivity contribution >= 4 is 22.6 Å². The Labute approximate surface area is 140 Å². The molecule has 2 aromatic heterocycles. The van der Waals surface area contributed by atoms with Crippen LogP contribution in [0.5, 0.6) is 0 Å². The van der Waals surface area contributed by atoms with Crippen LogP contribution in [0.25, 0.3) is 10.9 Å². The molecule has 0 radical (unpaired) electrons. The van der Waals surface area contributed by atoms with E-state index in [1.807, 2.05) is 50.2 Å². The third-order valence-corrected chi connectivity index (χ3v) is 3.65. The molecule has 1 amide bonds. The lowest BCUT2D eigenvalue weighted by molar-refractivity contribution is 0.0948. The van der Waals surface area contributed by atoms with E-state index >= 15 is 0 Å². The molecule has 24 heavy (non-hydrogen) atoms. The second kappa shape index (κ2) is 7.12. The maximum atomic E-state index is 12.1. The van der Waals surface area contributed by atoms with Crippen LogP contribution in [0.15, 0.2) is 47.2 Å². The first-order valence-corrected chi connectivity index (χ1v) is 7.96. The molecular formula is C18H20N4O2. The third kappa shape index (κ3) is 3.53. The normalized spacial score (nSPS) is 11.0. The van der Waals surface area contributed by atoms with Crippen molar-refractivity contribution in [3.63, 3.8) is 0 Å². The molecule has 6 heteroatoms. The molecule has 0 saturated carbocycles. The quantitative estimate of drug-likeness (QED) is 0.681. The van der Waals surface area contributed by atoms with Gasteiger partial charge in [-0.15, -0.1) is 0 Å². The molecule has 6 nitrogen and oxygen atoms in total. The van der Waals surface area contributed by atoms with Crippen LogP contribution in [0.2, 0.25) is 0 Å². The first-order valence-electron chi connectivity index (χ1n) is 7.96. The number of rotatable bonds is 6. The topological polar surface area (TPSA) is 80.0 Å². The smallest absolute Gasteiger partial charge is 0.273 e. The Bertz CT molecular complexity index is 842. The number of aromatic nitrogens is 2. The van der Waals surface area contributed by atoms with Crippen LogP contribution in [0.3, 0.4) is 0 Å². The van der Waals surface area contributed by atoms with Gasteiger partial charge in [-0.1, -0.05) is 32.0 Å². The summed E-state index contributed by atoms with van der Waals surface area (Å²) in [5.41, 5.74) is 1.30. The summed E-state index contributed by atoms with van der Waals surface area (Å²) in [6, 6.07) is 11.9. The summed E-state index contributed by atoms with van der Waals surface area (Å²) in [6.07, 6.45) is 1.31. The van der Waals surface area contributed by atoms with Gasteiger partial charge in [-0.25, -0.2) is 9.97 Å². The van der Waals surface area contributed by atoms with Crippen LogP contribution in [0.1, 0.15) is 36.0 Å². The van der Waals surface area contributed by atoms with E-state index in [9.17, 15) is 4.79 Å². The number of amides is 1. The fourth-order valence-electron chi connectivity index (χ4n) is 2.45. The fourth-order valence-corrected chi connectivity index (χ4v) is 2.45. The number of hydrogen-bond donors (Lipinski definition) is 2. The average Bonchev–Trinajstić information content (AvgIpc) is 3.08. The average molecular weight is 324 g/mol. The fraction of sp³-hybridized carbons (Fsp3) is 0.278. The number of carbonyl (C=O) groups excluding carboxylic acids is 1. The highest BCUT2D eigenvalue weighted by atomic mass is 16.3. The molecule has 124 valence electrons. The number of hydrogen-bond acceptors (Lipinski definition) is 5. The van der Waals surface area contributed by atoms with E-state index in [0.29, 0.717) is 24.5 Å². The Morgan fingerprint density at radius 3 is 2.83 bits per heavy atom. The van der Waals surface area contributed by atoms with Crippen LogP contribution in [0, 0.1) is 0 Å². The highest BCUT2D eigenvalue weighted by molar-refractivity contribution is 5.93. The number of anilines is 1. The first-order chi connectivity index (χ1) is 11.6. The van der Waals surface area contributed by atoms with Crippen molar-refractivity contribution in [2.45, 2.75) is 19.8 Å². The van der Waals surface area contributed by atoms with Gasteiger partial charge >= 0.3 is 0 Å². The molecule has 2 heterocycles. The second-order valence-corrected chi connectivity index (χ2v) is 5.79. The van der Waals surface area contributed by atoms with E-state index in [2.05, 4.69) is 20.6 Å². The van der Waals surface area contributed by atoms with Crippen molar-refractivity contribution in [2.24, 2.45) is 0 Å². The van der Waals surface area contributed by atoms with Crippen molar-refractivity contribution in [3.8, 4) is 0 Å². The van der Waals surface area contributed by atoms with Gasteiger partial charge in [-0.2, -0.15) is 0 Å². The van der Waals surface area contributed by atoms with Gasteiger partial charge < -0.3 is 15.1 Å². The Balaban J connectivity index is 1.52. The Morgan fingerprint density at radius 1 is 1.17 bits per heavy atom. The lowest BCUT2D eigenvalue weighted by Crippen LogP contribution is -2.29. The van der Waals surface area contributed by atoms with E-state index in [4.69, 9.17) is 4.42 Å². The highest BCUT2D eigenvalue weighted by Gasteiger charge is 2.18. The van der Waals surface area contributed by atoms with E-state index in [1.54, 1.807) is 0 Å². The third-order valence-electron chi connectivity index (χ3n) is 3.65. The summed E-state index contributed by atoms with van der Waals surface area (Å²) >= 11 is 0. The molecule has 0 bridgehead atoms. The lowest BCUT2D eigenvalue weighted by Gasteiger charge is -2.08. The van der Waals surface area contributed by atoms with Crippen molar-refractivity contribution in [1.82, 2.24) is 15.3 Å². The van der Waals surface area contributed by atoms with E-state index in [-0.39, 0.29) is 11.8 Å². The Morgan fingerprint density at radius 2 is 2.00 bits per heavy atom. The summed E-state index contributed by atoms with van der Waals surface area (Å²) in [5, 5.41) is 7.14. The predicted octanol–water partition coefficient (Wildman–Crippen LogP) is 3.19. The molecule has 0 aliphatic heterocycles. The van der Waals surface area contributed by atoms with Crippen LogP contribution in [-0.4, -0.2) is 29.0 Å². The minimum absolute atomic E-state index is 0.119. The van der Waals surface area contributed by atoms with Gasteiger partial charge in [0.15, 0.2) is 12.1 Å². The minimum atomic E-state index is -0.222. The van der Waals surface area contributed by atoms with E-state index in [0.717, 1.165) is 16.7 Å². The molecule has 0 spiro atoms. The van der Waals surface area contributed by atoms with Gasteiger partial charge in [0, 0.05) is 24.4 Å². The van der Waals surface area contributed by atoms with Crippen molar-refractivity contribution in [3.05, 3.63) is 54.2 Å². The van der Waals surface area contributed by atoms with Gasteiger partial charge in [-0.05, 0) is 18.2 Å². The second-order valence-electron chi connectivity index (χ2n) is 5.79. The molecule has 0 aliphatic rings. The van der Waals surface area contributed by atoms with Crippen molar-refractivity contribution < 1.29 is 9.21 Å². The van der Waals surface area contributed by atoms with E-state index in [1.165, 1.54) is 6.39 Å². The van der Waals surface area contributed by atoms with Gasteiger partial charge in [0.2, 0.25) is 0 Å². The molecular weight excluding hydrogens is 304 g/mol. The zero-order valence-corrected chi connectivity index (χ0v) is 13.7. The lowest BCUT2D eigenvalue weighted by atomic mass is 10.1. The summed E-state index contributed by atoms with van der Waals surface area (Å²) < 4.78 is 5.27. The van der Waals surface area contributed by atoms with Crippen molar-refractivity contribution in [2.75, 3.05) is 18.4 Å². The van der Waals surface area contributed by atoms with Gasteiger partial charge in [-0.3, -0.25) is 4.79 Å². The summed E-state index contributed by atoms with van der Waals surface area (Å²) in [7, 11) is 0. The van der Waals surface area contributed by atoms with Crippen LogP contribution in [0.4, 0.5) is 5.82 Å². The number of nitrogens with one attached hydrogen (secondary N) is 2. The first kappa shape index (κ1) is 16.0. The molecule has 1 aromatic carbocycles. The molecule has 0 fully saturated rings. The number of nitrogens with zero attached hydrogens (tertiary/aromatic N) is 2. The SMILES string of the molecule is CC(C)c1ocnc1C(=O)NCCNc1ccc2ccccc2n1. The maximum Gasteiger partial charge on any atom is 0.273 e. The predicted molar refractivity (Wildman–Crippen MR) is 93.2 cm³/mol. The number of pyridine rings is 1. The number of carbonyl (C=O) groups is 1. The van der Waals surface area contributed by atoms with Crippen LogP contribution in [-0.2, 0) is 0 Å². The Hall–Kier alpha value is -2.89. The van der Waals surface area contributed by atoms with E-state index < -0.39 is 0 Å². The molecule has 0 saturated heterocycles. The zero-order valence-electron chi connectivity index (χ0n) is 13.7. The molecule has 0 unspecified atom stereocenters. The van der Waals surface area contributed by atoms with Gasteiger partial charge in [0.05, 0.1) is 5.52 Å². The highest BCUT2D eigenvalue weighted by Crippen LogP contribution is 2.18. The minimum Gasteiger partial charge on any atom is -0.447 e. The molecule has 0 aliphatic carbocycles. The zero-order chi connectivity index (χ0) is 16.9. The number of para-hydroxylation sites is 1. The number of benzene rings is 1. The number of fused-ring (bicyclic) bond motifs is 1. The van der Waals surface area contributed by atoms with Crippen LogP contribution < -0.4 is 10.6 Å². The van der Waals surface area contributed by atoms with Crippen molar-refractivity contribution in [1.29, 1.82) is 0 Å². The standard InChI is InChI=1S/C18H20N4O2/c1-12(2)17-16(21-11-24-17)18(23)20-10-9-19-15-8-7-13-5-3-4-6-14(13)22-15/h3-8,11-12H,9-10H2,1-2H3,(H,19,22)(H,20,23). The Kier molecular flexibility index (Phi) is 4.74. The van der Waals surface area contributed by atoms with Gasteiger partial charge in [0.25, 0.3) is 5.91 Å². The molecule has 3 rings (SSSR count). The van der Waals surface area contributed by atoms with Gasteiger partial charge in [0.1, 0.15) is 11.6 Å². The number of oxazole rings is 1. The molecule has 2 N–H and O–H groups in total. The summed E-state index contributed by atoms with van der Waals surface area (Å²) in [6.45, 7) is 4.97. The monoisotopic (exact) mass is 324 g/mol. The molecule has 0 atom stereocenters. The van der Waals surface area contributed by atoms with Crippen LogP contribution >= 0.6 is 0 Å². The largest absolute Gasteiger partial charge is 0.447 e. The summed E-state index contributed by atoms with van der Waals surface area (Å²) in [5.74, 6) is 1.29. The summed E-state index contributed by atoms with van der Waals surface area (Å²) in [4.78, 5) is 20.7.